The highest BCUT2D eigenvalue weighted by Crippen LogP contribution is 2.36. The van der Waals surface area contributed by atoms with Gasteiger partial charge >= 0.3 is 0 Å². The molecule has 3 nitrogen and oxygen atoms in total. The van der Waals surface area contributed by atoms with Crippen LogP contribution in [0.15, 0.2) is 24.3 Å². The van der Waals surface area contributed by atoms with Gasteiger partial charge in [0.05, 0.1) is 12.7 Å². The molecule has 0 bridgehead atoms. The van der Waals surface area contributed by atoms with Gasteiger partial charge in [-0.05, 0) is 30.5 Å². The molecule has 3 heteroatoms. The third-order valence-electron chi connectivity index (χ3n) is 3.14. The lowest BCUT2D eigenvalue weighted by Gasteiger charge is -2.31. The van der Waals surface area contributed by atoms with Gasteiger partial charge in [-0.25, -0.2) is 0 Å². The van der Waals surface area contributed by atoms with Crippen LogP contribution in [0.4, 0.5) is 0 Å². The molecular weight excluding hydrogens is 204 g/mol. The van der Waals surface area contributed by atoms with Crippen LogP contribution < -0.4 is 4.74 Å². The highest BCUT2D eigenvalue weighted by Gasteiger charge is 2.35. The third kappa shape index (κ3) is 2.09. The number of aliphatic hydroxyl groups is 1. The Bertz CT molecular complexity index is 400. The maximum absolute atomic E-state index is 11.4. The average Bonchev–Trinajstić information content (AvgIpc) is 2.29. The Balaban J connectivity index is 2.30. The summed E-state index contributed by atoms with van der Waals surface area (Å²) in [5, 5.41) is 10.5. The summed E-state index contributed by atoms with van der Waals surface area (Å²) >= 11 is 0. The molecule has 0 saturated heterocycles. The first-order valence-electron chi connectivity index (χ1n) is 5.53. The van der Waals surface area contributed by atoms with Gasteiger partial charge in [0.2, 0.25) is 0 Å². The molecule has 1 aromatic carbocycles. The van der Waals surface area contributed by atoms with Gasteiger partial charge < -0.3 is 9.84 Å². The van der Waals surface area contributed by atoms with Crippen molar-refractivity contribution in [2.45, 2.75) is 31.3 Å². The number of carbonyl (C=O) groups is 1. The average molecular weight is 220 g/mol. The second kappa shape index (κ2) is 4.26. The smallest absolute Gasteiger partial charge is 0.136 e. The zero-order valence-electron chi connectivity index (χ0n) is 9.40. The van der Waals surface area contributed by atoms with Gasteiger partial charge in [-0.2, -0.15) is 0 Å². The fourth-order valence-electron chi connectivity index (χ4n) is 2.24. The van der Waals surface area contributed by atoms with Gasteiger partial charge in [-0.3, -0.25) is 4.79 Å². The zero-order chi connectivity index (χ0) is 11.6. The summed E-state index contributed by atoms with van der Waals surface area (Å²) in [6.07, 6.45) is 2.21. The van der Waals surface area contributed by atoms with Gasteiger partial charge in [0.15, 0.2) is 0 Å². The van der Waals surface area contributed by atoms with Gasteiger partial charge in [-0.15, -0.1) is 0 Å². The lowest BCUT2D eigenvalue weighted by Crippen LogP contribution is -2.32. The van der Waals surface area contributed by atoms with Crippen molar-refractivity contribution in [3.8, 4) is 5.75 Å². The predicted octanol–water partition coefficient (Wildman–Crippen LogP) is 2.03. The highest BCUT2D eigenvalue weighted by atomic mass is 16.5. The molecule has 1 fully saturated rings. The molecule has 16 heavy (non-hydrogen) atoms. The van der Waals surface area contributed by atoms with Crippen molar-refractivity contribution in [3.05, 3.63) is 29.8 Å². The summed E-state index contributed by atoms with van der Waals surface area (Å²) in [5.41, 5.74) is -0.218. The second-order valence-corrected chi connectivity index (χ2v) is 4.33. The molecule has 0 radical (unpaired) electrons. The number of methoxy groups -OCH3 is 1. The summed E-state index contributed by atoms with van der Waals surface area (Å²) in [5.74, 6) is 0.848. The fourth-order valence-corrected chi connectivity index (χ4v) is 2.24. The van der Waals surface area contributed by atoms with E-state index in [0.717, 1.165) is 12.0 Å². The van der Waals surface area contributed by atoms with Crippen LogP contribution >= 0.6 is 0 Å². The van der Waals surface area contributed by atoms with Gasteiger partial charge in [0.1, 0.15) is 11.5 Å². The number of ether oxygens (including phenoxy) is 1. The number of rotatable bonds is 2. The van der Waals surface area contributed by atoms with E-state index in [2.05, 4.69) is 0 Å². The molecule has 1 unspecified atom stereocenters. The molecule has 0 spiro atoms. The minimum atomic E-state index is -0.996. The van der Waals surface area contributed by atoms with Crippen molar-refractivity contribution in [2.75, 3.05) is 7.11 Å². The maximum atomic E-state index is 11.4. The topological polar surface area (TPSA) is 46.5 Å². The lowest BCUT2D eigenvalue weighted by molar-refractivity contribution is -0.128. The fraction of sp³-hybridized carbons (Fsp3) is 0.462. The molecule has 1 aromatic rings. The monoisotopic (exact) mass is 220 g/mol. The number of ketones is 1. The highest BCUT2D eigenvalue weighted by molar-refractivity contribution is 5.80. The Morgan fingerprint density at radius 3 is 2.94 bits per heavy atom. The van der Waals surface area contributed by atoms with Crippen molar-refractivity contribution in [1.82, 2.24) is 0 Å². The maximum Gasteiger partial charge on any atom is 0.136 e. The van der Waals surface area contributed by atoms with Crippen molar-refractivity contribution in [2.24, 2.45) is 0 Å². The molecule has 1 aliphatic rings. The minimum absolute atomic E-state index is 0.136. The van der Waals surface area contributed by atoms with E-state index < -0.39 is 5.60 Å². The lowest BCUT2D eigenvalue weighted by atomic mass is 9.79. The van der Waals surface area contributed by atoms with Crippen molar-refractivity contribution < 1.29 is 14.6 Å². The number of Topliss-reactive ketones (excluding diaryl/α,β-unsaturated/α-hetero) is 1. The summed E-state index contributed by atoms with van der Waals surface area (Å²) < 4.78 is 5.12. The van der Waals surface area contributed by atoms with Crippen molar-refractivity contribution >= 4 is 5.78 Å². The van der Waals surface area contributed by atoms with E-state index in [9.17, 15) is 9.90 Å². The van der Waals surface area contributed by atoms with E-state index in [1.807, 2.05) is 18.2 Å². The first-order chi connectivity index (χ1) is 7.64. The van der Waals surface area contributed by atoms with Crippen LogP contribution in [-0.4, -0.2) is 18.0 Å². The Kier molecular flexibility index (Phi) is 2.97. The Hall–Kier alpha value is -1.35. The summed E-state index contributed by atoms with van der Waals surface area (Å²) in [6, 6.07) is 7.32. The van der Waals surface area contributed by atoms with E-state index in [1.165, 1.54) is 0 Å². The number of hydrogen-bond donors (Lipinski definition) is 1. The number of benzene rings is 1. The first-order valence-corrected chi connectivity index (χ1v) is 5.53. The number of carbonyl (C=O) groups excluding carboxylic acids is 1. The standard InChI is InChI=1S/C13H16O3/c1-16-12-6-2-4-10(8-12)13(15)7-3-5-11(14)9-13/h2,4,6,8,15H,3,5,7,9H2,1H3. The van der Waals surface area contributed by atoms with Gasteiger partial charge in [0.25, 0.3) is 0 Å². The third-order valence-corrected chi connectivity index (χ3v) is 3.14. The molecule has 1 N–H and O–H groups in total. The van der Waals surface area contributed by atoms with E-state index >= 15 is 0 Å². The Morgan fingerprint density at radius 2 is 2.25 bits per heavy atom. The SMILES string of the molecule is COc1cccc(C2(O)CCCC(=O)C2)c1. The normalized spacial score (nSPS) is 25.5. The molecule has 2 rings (SSSR count). The Labute approximate surface area is 95.0 Å². The van der Waals surface area contributed by atoms with Crippen molar-refractivity contribution in [3.63, 3.8) is 0 Å². The summed E-state index contributed by atoms with van der Waals surface area (Å²) in [4.78, 5) is 11.4. The molecule has 0 heterocycles. The molecular formula is C13H16O3. The molecule has 0 amide bonds. The van der Waals surface area contributed by atoms with Crippen molar-refractivity contribution in [1.29, 1.82) is 0 Å². The van der Waals surface area contributed by atoms with Crippen LogP contribution in [-0.2, 0) is 10.4 Å². The quantitative estimate of drug-likeness (QED) is 0.829. The predicted molar refractivity (Wildman–Crippen MR) is 60.4 cm³/mol. The minimum Gasteiger partial charge on any atom is -0.497 e. The van der Waals surface area contributed by atoms with Crippen LogP contribution in [0.5, 0.6) is 5.75 Å². The van der Waals surface area contributed by atoms with Crippen LogP contribution in [0.25, 0.3) is 0 Å². The summed E-state index contributed by atoms with van der Waals surface area (Å²) in [6.45, 7) is 0. The molecule has 1 aliphatic carbocycles. The largest absolute Gasteiger partial charge is 0.497 e. The molecule has 0 aliphatic heterocycles. The van der Waals surface area contributed by atoms with E-state index in [4.69, 9.17) is 4.74 Å². The zero-order valence-corrected chi connectivity index (χ0v) is 9.40. The van der Waals surface area contributed by atoms with Crippen LogP contribution in [0, 0.1) is 0 Å². The second-order valence-electron chi connectivity index (χ2n) is 4.33. The number of hydrogen-bond acceptors (Lipinski definition) is 3. The van der Waals surface area contributed by atoms with E-state index in [0.29, 0.717) is 18.6 Å². The molecule has 1 saturated carbocycles. The van der Waals surface area contributed by atoms with Crippen LogP contribution in [0.3, 0.4) is 0 Å². The van der Waals surface area contributed by atoms with Crippen LogP contribution in [0.2, 0.25) is 0 Å². The van der Waals surface area contributed by atoms with Gasteiger partial charge in [-0.1, -0.05) is 12.1 Å². The first kappa shape index (κ1) is 11.1. The molecule has 86 valence electrons. The van der Waals surface area contributed by atoms with Crippen LogP contribution in [0.1, 0.15) is 31.2 Å². The molecule has 0 aromatic heterocycles. The Morgan fingerprint density at radius 1 is 1.44 bits per heavy atom. The summed E-state index contributed by atoms with van der Waals surface area (Å²) in [7, 11) is 1.59. The van der Waals surface area contributed by atoms with E-state index in [-0.39, 0.29) is 12.2 Å². The molecule has 1 atom stereocenters. The van der Waals surface area contributed by atoms with Gasteiger partial charge in [0, 0.05) is 12.8 Å². The van der Waals surface area contributed by atoms with E-state index in [1.54, 1.807) is 13.2 Å².